The van der Waals surface area contributed by atoms with Gasteiger partial charge in [0.1, 0.15) is 0 Å². The summed E-state index contributed by atoms with van der Waals surface area (Å²) < 4.78 is 0. The third-order valence-corrected chi connectivity index (χ3v) is 3.36. The van der Waals surface area contributed by atoms with E-state index in [0.29, 0.717) is 5.88 Å². The van der Waals surface area contributed by atoms with Crippen LogP contribution in [0.4, 0.5) is 0 Å². The number of aryl methyl sites for hydroxylation is 3. The first-order valence-electron chi connectivity index (χ1n) is 5.03. The molecule has 0 unspecified atom stereocenters. The second kappa shape index (κ2) is 3.94. The molecule has 0 nitrogen and oxygen atoms in total. The Kier molecular flexibility index (Phi) is 3.26. The van der Waals surface area contributed by atoms with Gasteiger partial charge in [-0.1, -0.05) is 31.5 Å². The molecule has 0 amide bonds. The van der Waals surface area contributed by atoms with Crippen molar-refractivity contribution in [1.29, 1.82) is 0 Å². The number of hydrogen-bond donors (Lipinski definition) is 0. The van der Waals surface area contributed by atoms with Crippen LogP contribution in [0.15, 0.2) is 12.1 Å². The van der Waals surface area contributed by atoms with Crippen molar-refractivity contribution in [2.45, 2.75) is 40.0 Å². The molecule has 78 valence electrons. The summed E-state index contributed by atoms with van der Waals surface area (Å²) in [4.78, 5) is 0. The van der Waals surface area contributed by atoms with Crippen LogP contribution in [0.3, 0.4) is 0 Å². The van der Waals surface area contributed by atoms with E-state index in [2.05, 4.69) is 46.8 Å². The molecule has 0 aromatic heterocycles. The van der Waals surface area contributed by atoms with Crippen LogP contribution in [0.2, 0.25) is 0 Å². The summed E-state index contributed by atoms with van der Waals surface area (Å²) >= 11 is 6.01. The minimum absolute atomic E-state index is 0.0728. The Balaban J connectivity index is 3.35. The van der Waals surface area contributed by atoms with Crippen LogP contribution in [0.25, 0.3) is 0 Å². The Morgan fingerprint density at radius 2 is 1.50 bits per heavy atom. The molecule has 0 saturated carbocycles. The van der Waals surface area contributed by atoms with Crippen molar-refractivity contribution in [2.75, 3.05) is 5.88 Å². The standard InChI is InChI=1S/C13H19Cl/c1-9-6-10(2)12(11(3)7-9)13(4,5)8-14/h6-7H,8H2,1-5H3. The maximum Gasteiger partial charge on any atom is 0.0315 e. The molecule has 0 spiro atoms. The summed E-state index contributed by atoms with van der Waals surface area (Å²) in [6, 6.07) is 4.47. The van der Waals surface area contributed by atoms with Gasteiger partial charge in [0.15, 0.2) is 0 Å². The topological polar surface area (TPSA) is 0 Å². The zero-order valence-corrected chi connectivity index (χ0v) is 10.5. The fraction of sp³-hybridized carbons (Fsp3) is 0.538. The highest BCUT2D eigenvalue weighted by molar-refractivity contribution is 6.18. The van der Waals surface area contributed by atoms with E-state index in [0.717, 1.165) is 0 Å². The Morgan fingerprint density at radius 1 is 1.07 bits per heavy atom. The van der Waals surface area contributed by atoms with Gasteiger partial charge in [-0.15, -0.1) is 11.6 Å². The molecule has 0 saturated heterocycles. The van der Waals surface area contributed by atoms with Crippen molar-refractivity contribution in [1.82, 2.24) is 0 Å². The van der Waals surface area contributed by atoms with E-state index in [1.807, 2.05) is 0 Å². The average Bonchev–Trinajstić information content (AvgIpc) is 2.01. The first-order valence-corrected chi connectivity index (χ1v) is 5.56. The van der Waals surface area contributed by atoms with Crippen LogP contribution in [0.1, 0.15) is 36.1 Å². The monoisotopic (exact) mass is 210 g/mol. The third-order valence-electron chi connectivity index (χ3n) is 2.69. The molecule has 14 heavy (non-hydrogen) atoms. The lowest BCUT2D eigenvalue weighted by Crippen LogP contribution is -2.22. The maximum absolute atomic E-state index is 6.01. The molecule has 0 atom stereocenters. The van der Waals surface area contributed by atoms with Gasteiger partial charge >= 0.3 is 0 Å². The lowest BCUT2D eigenvalue weighted by Gasteiger charge is -2.27. The zero-order chi connectivity index (χ0) is 10.9. The van der Waals surface area contributed by atoms with Gasteiger partial charge < -0.3 is 0 Å². The molecule has 0 radical (unpaired) electrons. The molecule has 0 bridgehead atoms. The van der Waals surface area contributed by atoms with Crippen molar-refractivity contribution in [3.63, 3.8) is 0 Å². The zero-order valence-electron chi connectivity index (χ0n) is 9.74. The van der Waals surface area contributed by atoms with Crippen molar-refractivity contribution < 1.29 is 0 Å². The summed E-state index contributed by atoms with van der Waals surface area (Å²) in [6.07, 6.45) is 0. The first-order chi connectivity index (χ1) is 6.38. The molecule has 0 aliphatic heterocycles. The van der Waals surface area contributed by atoms with Crippen molar-refractivity contribution in [3.8, 4) is 0 Å². The summed E-state index contributed by atoms with van der Waals surface area (Å²) in [5.41, 5.74) is 5.51. The molecule has 1 aromatic carbocycles. The SMILES string of the molecule is Cc1cc(C)c(C(C)(C)CCl)c(C)c1. The van der Waals surface area contributed by atoms with E-state index in [4.69, 9.17) is 11.6 Å². The molecule has 1 aromatic rings. The molecule has 1 heteroatoms. The Morgan fingerprint density at radius 3 is 1.86 bits per heavy atom. The van der Waals surface area contributed by atoms with Crippen LogP contribution in [0, 0.1) is 20.8 Å². The number of alkyl halides is 1. The lowest BCUT2D eigenvalue weighted by molar-refractivity contribution is 0.589. The third kappa shape index (κ3) is 2.12. The molecule has 0 heterocycles. The molecular weight excluding hydrogens is 192 g/mol. The largest absolute Gasteiger partial charge is 0.126 e. The van der Waals surface area contributed by atoms with Gasteiger partial charge in [0, 0.05) is 11.3 Å². The van der Waals surface area contributed by atoms with Crippen LogP contribution >= 0.6 is 11.6 Å². The Hall–Kier alpha value is -0.490. The maximum atomic E-state index is 6.01. The van der Waals surface area contributed by atoms with Gasteiger partial charge in [0.05, 0.1) is 0 Å². The highest BCUT2D eigenvalue weighted by Gasteiger charge is 2.23. The van der Waals surface area contributed by atoms with E-state index >= 15 is 0 Å². The van der Waals surface area contributed by atoms with Gasteiger partial charge in [0.25, 0.3) is 0 Å². The van der Waals surface area contributed by atoms with Gasteiger partial charge in [-0.25, -0.2) is 0 Å². The summed E-state index contributed by atoms with van der Waals surface area (Å²) in [5.74, 6) is 0.664. The fourth-order valence-corrected chi connectivity index (χ4v) is 2.45. The molecule has 0 aliphatic carbocycles. The lowest BCUT2D eigenvalue weighted by atomic mass is 9.80. The van der Waals surface area contributed by atoms with Crippen molar-refractivity contribution >= 4 is 11.6 Å². The van der Waals surface area contributed by atoms with E-state index < -0.39 is 0 Å². The highest BCUT2D eigenvalue weighted by atomic mass is 35.5. The quantitative estimate of drug-likeness (QED) is 0.644. The van der Waals surface area contributed by atoms with Gasteiger partial charge in [0.2, 0.25) is 0 Å². The van der Waals surface area contributed by atoms with Gasteiger partial charge in [-0.3, -0.25) is 0 Å². The van der Waals surface area contributed by atoms with Crippen molar-refractivity contribution in [3.05, 3.63) is 34.4 Å². The molecular formula is C13H19Cl. The van der Waals surface area contributed by atoms with E-state index in [-0.39, 0.29) is 5.41 Å². The summed E-state index contributed by atoms with van der Waals surface area (Å²) in [6.45, 7) is 10.9. The van der Waals surface area contributed by atoms with Crippen LogP contribution in [-0.2, 0) is 5.41 Å². The number of halogens is 1. The van der Waals surface area contributed by atoms with Crippen LogP contribution < -0.4 is 0 Å². The minimum Gasteiger partial charge on any atom is -0.126 e. The van der Waals surface area contributed by atoms with E-state index in [1.165, 1.54) is 22.3 Å². The number of hydrogen-bond acceptors (Lipinski definition) is 0. The Labute approximate surface area is 92.3 Å². The fourth-order valence-electron chi connectivity index (χ4n) is 2.31. The van der Waals surface area contributed by atoms with E-state index in [1.54, 1.807) is 0 Å². The predicted molar refractivity (Wildman–Crippen MR) is 64.4 cm³/mol. The van der Waals surface area contributed by atoms with Crippen LogP contribution in [-0.4, -0.2) is 5.88 Å². The normalized spacial score (nSPS) is 11.9. The second-order valence-corrected chi connectivity index (χ2v) is 5.06. The van der Waals surface area contributed by atoms with Crippen LogP contribution in [0.5, 0.6) is 0 Å². The summed E-state index contributed by atoms with van der Waals surface area (Å²) in [5, 5.41) is 0. The average molecular weight is 211 g/mol. The molecule has 0 aliphatic rings. The Bertz CT molecular complexity index is 314. The number of benzene rings is 1. The second-order valence-electron chi connectivity index (χ2n) is 4.79. The number of rotatable bonds is 2. The molecule has 0 N–H and O–H groups in total. The summed E-state index contributed by atoms with van der Waals surface area (Å²) in [7, 11) is 0. The molecule has 1 rings (SSSR count). The molecule has 0 fully saturated rings. The minimum atomic E-state index is 0.0728. The smallest absolute Gasteiger partial charge is 0.0315 e. The highest BCUT2D eigenvalue weighted by Crippen LogP contribution is 2.31. The van der Waals surface area contributed by atoms with Crippen molar-refractivity contribution in [2.24, 2.45) is 0 Å². The first kappa shape index (κ1) is 11.6. The van der Waals surface area contributed by atoms with E-state index in [9.17, 15) is 0 Å². The van der Waals surface area contributed by atoms with Gasteiger partial charge in [-0.05, 0) is 37.5 Å². The van der Waals surface area contributed by atoms with Gasteiger partial charge in [-0.2, -0.15) is 0 Å². The predicted octanol–water partition coefficient (Wildman–Crippen LogP) is 4.13.